The lowest BCUT2D eigenvalue weighted by atomic mass is 10.0. The van der Waals surface area contributed by atoms with Gasteiger partial charge in [-0.05, 0) is 19.3 Å². The Morgan fingerprint density at radius 1 is 0.667 bits per heavy atom. The zero-order valence-electron chi connectivity index (χ0n) is 14.1. The van der Waals surface area contributed by atoms with Crippen molar-refractivity contribution in [3.05, 3.63) is 12.7 Å². The van der Waals surface area contributed by atoms with Crippen molar-refractivity contribution in [1.29, 1.82) is 0 Å². The predicted octanol–water partition coefficient (Wildman–Crippen LogP) is 5.90. The van der Waals surface area contributed by atoms with Gasteiger partial charge in [0.1, 0.15) is 0 Å². The normalized spacial score (nSPS) is 10.7. The Hall–Kier alpha value is -0.790. The molecule has 0 aliphatic carbocycles. The minimum atomic E-state index is -0.157. The molecule has 0 fully saturated rings. The highest BCUT2D eigenvalue weighted by Crippen LogP contribution is 2.13. The second-order valence-electron chi connectivity index (χ2n) is 6.24. The summed E-state index contributed by atoms with van der Waals surface area (Å²) in [6, 6.07) is 0. The Balaban J connectivity index is 2.96. The minimum Gasteiger partial charge on any atom is -0.370 e. The molecule has 0 aliphatic rings. The number of carbonyl (C=O) groups excluding carboxylic acids is 1. The number of carbonyl (C=O) groups is 1. The fourth-order valence-corrected chi connectivity index (χ4v) is 2.71. The summed E-state index contributed by atoms with van der Waals surface area (Å²) in [7, 11) is 0. The lowest BCUT2D eigenvalue weighted by Gasteiger charge is -2.03. The van der Waals surface area contributed by atoms with Gasteiger partial charge in [0.25, 0.3) is 0 Å². The largest absolute Gasteiger partial charge is 0.370 e. The lowest BCUT2D eigenvalue weighted by molar-refractivity contribution is -0.118. The molecule has 0 spiro atoms. The van der Waals surface area contributed by atoms with Crippen LogP contribution < -0.4 is 5.73 Å². The molecule has 1 amide bonds. The number of hydrogen-bond acceptors (Lipinski definition) is 1. The zero-order valence-corrected chi connectivity index (χ0v) is 14.1. The number of unbranched alkanes of at least 4 members (excludes halogenated alkanes) is 14. The van der Waals surface area contributed by atoms with E-state index in [1.54, 1.807) is 0 Å². The first-order valence-electron chi connectivity index (χ1n) is 9.16. The van der Waals surface area contributed by atoms with Crippen molar-refractivity contribution < 1.29 is 4.79 Å². The predicted molar refractivity (Wildman–Crippen MR) is 93.3 cm³/mol. The average molecular weight is 296 g/mol. The van der Waals surface area contributed by atoms with Crippen LogP contribution in [0.15, 0.2) is 12.7 Å². The van der Waals surface area contributed by atoms with Crippen LogP contribution in [-0.4, -0.2) is 5.91 Å². The molecule has 2 nitrogen and oxygen atoms in total. The number of hydrogen-bond donors (Lipinski definition) is 1. The van der Waals surface area contributed by atoms with Gasteiger partial charge in [0.05, 0.1) is 0 Å². The smallest absolute Gasteiger partial charge is 0.217 e. The second-order valence-corrected chi connectivity index (χ2v) is 6.24. The van der Waals surface area contributed by atoms with E-state index in [2.05, 4.69) is 6.58 Å². The average Bonchev–Trinajstić information content (AvgIpc) is 2.46. The summed E-state index contributed by atoms with van der Waals surface area (Å²) in [4.78, 5) is 10.6. The first-order valence-corrected chi connectivity index (χ1v) is 9.16. The van der Waals surface area contributed by atoms with Gasteiger partial charge >= 0.3 is 0 Å². The summed E-state index contributed by atoms with van der Waals surface area (Å²) in [6.45, 7) is 3.75. The van der Waals surface area contributed by atoms with Gasteiger partial charge < -0.3 is 5.73 Å². The fourth-order valence-electron chi connectivity index (χ4n) is 2.71. The molecule has 124 valence electrons. The molecule has 0 atom stereocenters. The van der Waals surface area contributed by atoms with Crippen LogP contribution in [0, 0.1) is 0 Å². The SMILES string of the molecule is C=CCCCCCCCCCCCCCCCCC(N)=O. The Kier molecular flexibility index (Phi) is 16.6. The van der Waals surface area contributed by atoms with Gasteiger partial charge in [-0.1, -0.05) is 83.1 Å². The summed E-state index contributed by atoms with van der Waals surface area (Å²) >= 11 is 0. The van der Waals surface area contributed by atoms with Crippen molar-refractivity contribution in [1.82, 2.24) is 0 Å². The van der Waals surface area contributed by atoms with E-state index in [1.807, 2.05) is 6.08 Å². The molecular weight excluding hydrogens is 258 g/mol. The number of primary amides is 1. The summed E-state index contributed by atoms with van der Waals surface area (Å²) in [5.41, 5.74) is 5.11. The van der Waals surface area contributed by atoms with Crippen LogP contribution in [0.4, 0.5) is 0 Å². The molecule has 0 heterocycles. The van der Waals surface area contributed by atoms with E-state index in [1.165, 1.54) is 83.5 Å². The molecule has 0 bridgehead atoms. The lowest BCUT2D eigenvalue weighted by Crippen LogP contribution is -2.09. The van der Waals surface area contributed by atoms with Crippen LogP contribution >= 0.6 is 0 Å². The maximum atomic E-state index is 10.6. The fraction of sp³-hybridized carbons (Fsp3) is 0.842. The highest BCUT2D eigenvalue weighted by atomic mass is 16.1. The molecule has 0 aliphatic heterocycles. The second kappa shape index (κ2) is 17.3. The first-order chi connectivity index (χ1) is 10.3. The number of amides is 1. The summed E-state index contributed by atoms with van der Waals surface area (Å²) in [5, 5.41) is 0. The van der Waals surface area contributed by atoms with E-state index in [9.17, 15) is 4.79 Å². The highest BCUT2D eigenvalue weighted by Gasteiger charge is 1.96. The summed E-state index contributed by atoms with van der Waals surface area (Å²) in [6.07, 6.45) is 22.4. The Labute approximate surface area is 132 Å². The quantitative estimate of drug-likeness (QED) is 0.263. The summed E-state index contributed by atoms with van der Waals surface area (Å²) < 4.78 is 0. The Morgan fingerprint density at radius 3 is 1.33 bits per heavy atom. The van der Waals surface area contributed by atoms with E-state index >= 15 is 0 Å². The standard InChI is InChI=1S/C19H37NO/c1-2-3-4-5-6-7-8-9-10-11-12-13-14-15-16-17-18-19(20)21/h2H,1,3-18H2,(H2,20,21). The van der Waals surface area contributed by atoms with Gasteiger partial charge in [-0.25, -0.2) is 0 Å². The third kappa shape index (κ3) is 19.2. The molecule has 0 rings (SSSR count). The summed E-state index contributed by atoms with van der Waals surface area (Å²) in [5.74, 6) is -0.157. The molecular formula is C19H37NO. The topological polar surface area (TPSA) is 43.1 Å². The molecule has 2 heteroatoms. The van der Waals surface area contributed by atoms with Gasteiger partial charge in [-0.15, -0.1) is 6.58 Å². The monoisotopic (exact) mass is 295 g/mol. The van der Waals surface area contributed by atoms with Crippen LogP contribution in [0.2, 0.25) is 0 Å². The zero-order chi connectivity index (χ0) is 15.6. The van der Waals surface area contributed by atoms with Crippen LogP contribution in [-0.2, 0) is 4.79 Å². The molecule has 2 N–H and O–H groups in total. The highest BCUT2D eigenvalue weighted by molar-refractivity contribution is 5.73. The van der Waals surface area contributed by atoms with E-state index in [-0.39, 0.29) is 5.91 Å². The van der Waals surface area contributed by atoms with Crippen molar-refractivity contribution in [2.45, 2.75) is 103 Å². The van der Waals surface area contributed by atoms with Crippen LogP contribution in [0.1, 0.15) is 103 Å². The molecule has 0 unspecified atom stereocenters. The Morgan fingerprint density at radius 2 is 1.00 bits per heavy atom. The molecule has 0 saturated carbocycles. The molecule has 21 heavy (non-hydrogen) atoms. The van der Waals surface area contributed by atoms with Crippen molar-refractivity contribution in [3.8, 4) is 0 Å². The molecule has 0 saturated heterocycles. The van der Waals surface area contributed by atoms with Crippen molar-refractivity contribution >= 4 is 5.91 Å². The molecule has 0 aromatic rings. The van der Waals surface area contributed by atoms with Gasteiger partial charge in [-0.3, -0.25) is 4.79 Å². The third-order valence-electron chi connectivity index (χ3n) is 4.08. The van der Waals surface area contributed by atoms with Gasteiger partial charge in [0, 0.05) is 6.42 Å². The number of rotatable bonds is 17. The number of allylic oxidation sites excluding steroid dienone is 1. The minimum absolute atomic E-state index is 0.157. The third-order valence-corrected chi connectivity index (χ3v) is 4.08. The number of nitrogens with two attached hydrogens (primary N) is 1. The van der Waals surface area contributed by atoms with Crippen LogP contribution in [0.3, 0.4) is 0 Å². The van der Waals surface area contributed by atoms with E-state index in [0.29, 0.717) is 6.42 Å². The van der Waals surface area contributed by atoms with E-state index in [0.717, 1.165) is 12.8 Å². The molecule has 0 radical (unpaired) electrons. The maximum Gasteiger partial charge on any atom is 0.217 e. The van der Waals surface area contributed by atoms with Crippen molar-refractivity contribution in [2.75, 3.05) is 0 Å². The van der Waals surface area contributed by atoms with E-state index in [4.69, 9.17) is 5.73 Å². The molecule has 0 aromatic heterocycles. The van der Waals surface area contributed by atoms with E-state index < -0.39 is 0 Å². The van der Waals surface area contributed by atoms with Gasteiger partial charge in [-0.2, -0.15) is 0 Å². The molecule has 0 aromatic carbocycles. The van der Waals surface area contributed by atoms with Crippen LogP contribution in [0.5, 0.6) is 0 Å². The van der Waals surface area contributed by atoms with Crippen molar-refractivity contribution in [2.24, 2.45) is 5.73 Å². The van der Waals surface area contributed by atoms with Gasteiger partial charge in [0.15, 0.2) is 0 Å². The van der Waals surface area contributed by atoms with Crippen LogP contribution in [0.25, 0.3) is 0 Å². The maximum absolute atomic E-state index is 10.6. The Bertz CT molecular complexity index is 238. The first kappa shape index (κ1) is 20.2. The van der Waals surface area contributed by atoms with Crippen molar-refractivity contribution in [3.63, 3.8) is 0 Å². The van der Waals surface area contributed by atoms with Gasteiger partial charge in [0.2, 0.25) is 5.91 Å².